The molecule has 0 amide bonds. The molecule has 1 unspecified atom stereocenters. The Morgan fingerprint density at radius 2 is 1.77 bits per heavy atom. The Hall–Kier alpha value is -2.56. The van der Waals surface area contributed by atoms with Gasteiger partial charge in [-0.3, -0.25) is 9.59 Å². The molecule has 0 aliphatic heterocycles. The van der Waals surface area contributed by atoms with Gasteiger partial charge in [0.05, 0.1) is 24.7 Å². The number of benzene rings is 2. The lowest BCUT2D eigenvalue weighted by molar-refractivity contribution is -0.144. The highest BCUT2D eigenvalue weighted by Crippen LogP contribution is 2.25. The van der Waals surface area contributed by atoms with E-state index in [1.54, 1.807) is 30.3 Å². The fourth-order valence-electron chi connectivity index (χ4n) is 2.66. The van der Waals surface area contributed by atoms with Crippen LogP contribution in [-0.4, -0.2) is 59.0 Å². The summed E-state index contributed by atoms with van der Waals surface area (Å²) < 4.78 is 43.0. The third-order valence-electron chi connectivity index (χ3n) is 4.30. The van der Waals surface area contributed by atoms with E-state index in [9.17, 15) is 18.0 Å². The summed E-state index contributed by atoms with van der Waals surface area (Å²) in [6.45, 7) is -0.551. The molecule has 168 valence electrons. The maximum atomic E-state index is 12.6. The summed E-state index contributed by atoms with van der Waals surface area (Å²) in [5, 5.41) is 0. The molecule has 31 heavy (non-hydrogen) atoms. The zero-order valence-corrected chi connectivity index (χ0v) is 19.1. The van der Waals surface area contributed by atoms with E-state index in [-0.39, 0.29) is 22.6 Å². The van der Waals surface area contributed by atoms with Crippen molar-refractivity contribution in [3.05, 3.63) is 54.1 Å². The molecule has 8 nitrogen and oxygen atoms in total. The molecule has 1 N–H and O–H groups in total. The zero-order valence-electron chi connectivity index (χ0n) is 17.5. The van der Waals surface area contributed by atoms with Crippen LogP contribution in [0.2, 0.25) is 0 Å². The average Bonchev–Trinajstić information content (AvgIpc) is 2.79. The van der Waals surface area contributed by atoms with E-state index >= 15 is 0 Å². The lowest BCUT2D eigenvalue weighted by Gasteiger charge is -2.17. The van der Waals surface area contributed by atoms with Gasteiger partial charge in [0, 0.05) is 6.07 Å². The molecule has 0 saturated carbocycles. The van der Waals surface area contributed by atoms with E-state index in [0.717, 1.165) is 0 Å². The number of sulfonamides is 1. The topological polar surface area (TPSA) is 108 Å². The Labute approximate surface area is 186 Å². The summed E-state index contributed by atoms with van der Waals surface area (Å²) in [6, 6.07) is 11.3. The highest BCUT2D eigenvalue weighted by molar-refractivity contribution is 7.98. The highest BCUT2D eigenvalue weighted by Gasteiger charge is 2.27. The minimum Gasteiger partial charge on any atom is -0.497 e. The maximum absolute atomic E-state index is 12.6. The van der Waals surface area contributed by atoms with Crippen LogP contribution in [0.1, 0.15) is 16.8 Å². The van der Waals surface area contributed by atoms with Crippen molar-refractivity contribution in [2.24, 2.45) is 0 Å². The Kier molecular flexibility index (Phi) is 9.35. The van der Waals surface area contributed by atoms with E-state index in [4.69, 9.17) is 14.2 Å². The predicted octanol–water partition coefficient (Wildman–Crippen LogP) is 2.53. The van der Waals surface area contributed by atoms with Crippen molar-refractivity contribution in [3.63, 3.8) is 0 Å². The van der Waals surface area contributed by atoms with E-state index in [2.05, 4.69) is 4.72 Å². The normalized spacial score (nSPS) is 12.1. The van der Waals surface area contributed by atoms with Gasteiger partial charge in [-0.25, -0.2) is 8.42 Å². The number of nitrogens with one attached hydrogen (secondary N) is 1. The van der Waals surface area contributed by atoms with E-state index in [0.29, 0.717) is 11.5 Å². The van der Waals surface area contributed by atoms with Gasteiger partial charge in [0.15, 0.2) is 6.61 Å². The molecule has 0 heterocycles. The SMILES string of the molecule is COc1ccc(C(=O)COC(=O)C(CCSC)NS(=O)(=O)c2ccccc2)c(OC)c1. The first-order valence-electron chi connectivity index (χ1n) is 9.30. The number of ketones is 1. The Morgan fingerprint density at radius 3 is 2.39 bits per heavy atom. The second-order valence-corrected chi connectivity index (χ2v) is 9.07. The van der Waals surface area contributed by atoms with Crippen LogP contribution in [0.5, 0.6) is 11.5 Å². The van der Waals surface area contributed by atoms with Gasteiger partial charge in [0.25, 0.3) is 0 Å². The first-order chi connectivity index (χ1) is 14.8. The average molecular weight is 468 g/mol. The minimum absolute atomic E-state index is 0.0380. The van der Waals surface area contributed by atoms with Gasteiger partial charge >= 0.3 is 5.97 Å². The molecule has 0 spiro atoms. The zero-order chi connectivity index (χ0) is 22.9. The minimum atomic E-state index is -3.92. The van der Waals surface area contributed by atoms with Gasteiger partial charge in [0.2, 0.25) is 15.8 Å². The van der Waals surface area contributed by atoms with Crippen LogP contribution in [0, 0.1) is 0 Å². The number of carbonyl (C=O) groups is 2. The third kappa shape index (κ3) is 6.98. The molecule has 2 rings (SSSR count). The summed E-state index contributed by atoms with van der Waals surface area (Å²) >= 11 is 1.46. The van der Waals surface area contributed by atoms with Crippen molar-refractivity contribution in [2.45, 2.75) is 17.4 Å². The molecule has 0 radical (unpaired) electrons. The van der Waals surface area contributed by atoms with Crippen LogP contribution >= 0.6 is 11.8 Å². The monoisotopic (exact) mass is 467 g/mol. The molecule has 0 fully saturated rings. The molecule has 0 aromatic heterocycles. The van der Waals surface area contributed by atoms with Crippen LogP contribution in [0.3, 0.4) is 0 Å². The number of rotatable bonds is 12. The largest absolute Gasteiger partial charge is 0.497 e. The molecule has 0 saturated heterocycles. The first kappa shape index (κ1) is 24.7. The second-order valence-electron chi connectivity index (χ2n) is 6.37. The van der Waals surface area contributed by atoms with Crippen molar-refractivity contribution in [1.82, 2.24) is 4.72 Å². The molecule has 0 bridgehead atoms. The maximum Gasteiger partial charge on any atom is 0.324 e. The molecule has 10 heteroatoms. The third-order valence-corrected chi connectivity index (χ3v) is 6.43. The van der Waals surface area contributed by atoms with Crippen molar-refractivity contribution >= 4 is 33.5 Å². The fraction of sp³-hybridized carbons (Fsp3) is 0.333. The van der Waals surface area contributed by atoms with Gasteiger partial charge < -0.3 is 14.2 Å². The molecule has 2 aromatic carbocycles. The van der Waals surface area contributed by atoms with Gasteiger partial charge in [0.1, 0.15) is 17.5 Å². The van der Waals surface area contributed by atoms with Crippen molar-refractivity contribution < 1.29 is 32.2 Å². The molecule has 0 aliphatic carbocycles. The number of Topliss-reactive ketones (excluding diaryl/α,β-unsaturated/α-hetero) is 1. The summed E-state index contributed by atoms with van der Waals surface area (Å²) in [6.07, 6.45) is 2.06. The van der Waals surface area contributed by atoms with Gasteiger partial charge in [-0.1, -0.05) is 18.2 Å². The Morgan fingerprint density at radius 1 is 1.06 bits per heavy atom. The lowest BCUT2D eigenvalue weighted by atomic mass is 10.1. The van der Waals surface area contributed by atoms with E-state index < -0.39 is 34.4 Å². The van der Waals surface area contributed by atoms with Crippen LogP contribution in [0.25, 0.3) is 0 Å². The summed E-state index contributed by atoms with van der Waals surface area (Å²) in [7, 11) is -1.02. The van der Waals surface area contributed by atoms with Crippen molar-refractivity contribution in [2.75, 3.05) is 32.8 Å². The number of hydrogen-bond acceptors (Lipinski definition) is 8. The standard InChI is InChI=1S/C21H25NO7S2/c1-27-15-9-10-17(20(13-15)28-2)19(23)14-29-21(24)18(11-12-30-3)22-31(25,26)16-7-5-4-6-8-16/h4-10,13,18,22H,11-12,14H2,1-3H3. The summed E-state index contributed by atoms with van der Waals surface area (Å²) in [4.78, 5) is 25.2. The van der Waals surface area contributed by atoms with E-state index in [1.807, 2.05) is 6.26 Å². The van der Waals surface area contributed by atoms with Gasteiger partial charge in [-0.15, -0.1) is 0 Å². The van der Waals surface area contributed by atoms with Gasteiger partial charge in [-0.05, 0) is 42.7 Å². The Bertz CT molecular complexity index is 994. The number of carbonyl (C=O) groups excluding carboxylic acids is 2. The Balaban J connectivity index is 2.09. The molecular formula is C21H25NO7S2. The number of ether oxygens (including phenoxy) is 3. The number of esters is 1. The second kappa shape index (κ2) is 11.7. The number of methoxy groups -OCH3 is 2. The molecule has 0 aliphatic rings. The number of thioether (sulfide) groups is 1. The highest BCUT2D eigenvalue weighted by atomic mass is 32.2. The van der Waals surface area contributed by atoms with Crippen molar-refractivity contribution in [1.29, 1.82) is 0 Å². The van der Waals surface area contributed by atoms with Crippen LogP contribution in [0.15, 0.2) is 53.4 Å². The molecular weight excluding hydrogens is 442 g/mol. The summed E-state index contributed by atoms with van der Waals surface area (Å²) in [5.41, 5.74) is 0.224. The molecule has 2 aromatic rings. The van der Waals surface area contributed by atoms with Crippen LogP contribution in [-0.2, 0) is 19.6 Å². The quantitative estimate of drug-likeness (QED) is 0.375. The first-order valence-corrected chi connectivity index (χ1v) is 12.2. The number of hydrogen-bond donors (Lipinski definition) is 1. The lowest BCUT2D eigenvalue weighted by Crippen LogP contribution is -2.42. The van der Waals surface area contributed by atoms with Gasteiger partial charge in [-0.2, -0.15) is 16.5 Å². The predicted molar refractivity (Wildman–Crippen MR) is 118 cm³/mol. The van der Waals surface area contributed by atoms with E-state index in [1.165, 1.54) is 44.2 Å². The fourth-order valence-corrected chi connectivity index (χ4v) is 4.37. The van der Waals surface area contributed by atoms with Crippen molar-refractivity contribution in [3.8, 4) is 11.5 Å². The smallest absolute Gasteiger partial charge is 0.324 e. The van der Waals surface area contributed by atoms with Crippen LogP contribution in [0.4, 0.5) is 0 Å². The summed E-state index contributed by atoms with van der Waals surface area (Å²) in [5.74, 6) is 0.0101. The molecule has 1 atom stereocenters. The van der Waals surface area contributed by atoms with Crippen LogP contribution < -0.4 is 14.2 Å².